The van der Waals surface area contributed by atoms with Crippen LogP contribution in [0.25, 0.3) is 0 Å². The van der Waals surface area contributed by atoms with Gasteiger partial charge in [-0.2, -0.15) is 0 Å². The fourth-order valence-corrected chi connectivity index (χ4v) is 3.76. The first-order valence-corrected chi connectivity index (χ1v) is 10.2. The van der Waals surface area contributed by atoms with Gasteiger partial charge in [0.1, 0.15) is 17.0 Å². The number of amides is 1. The maximum absolute atomic E-state index is 12.2. The summed E-state index contributed by atoms with van der Waals surface area (Å²) >= 11 is 0. The number of benzene rings is 1. The van der Waals surface area contributed by atoms with Crippen molar-refractivity contribution in [2.24, 2.45) is 11.8 Å². The Bertz CT molecular complexity index is 744. The number of carbonyl (C=O) groups is 1. The third-order valence-electron chi connectivity index (χ3n) is 5.37. The molecular weight excluding hydrogens is 372 g/mol. The highest BCUT2D eigenvalue weighted by Gasteiger charge is 2.56. The van der Waals surface area contributed by atoms with E-state index in [1.54, 1.807) is 12.1 Å². The molecule has 1 heterocycles. The monoisotopic (exact) mass is 405 g/mol. The Balaban J connectivity index is 1.77. The zero-order chi connectivity index (χ0) is 21.0. The minimum Gasteiger partial charge on any atom is -0.497 e. The molecule has 160 valence electrons. The van der Waals surface area contributed by atoms with Gasteiger partial charge in [0.25, 0.3) is 0 Å². The third kappa shape index (κ3) is 5.01. The molecule has 2 aliphatic rings. The summed E-state index contributed by atoms with van der Waals surface area (Å²) < 4.78 is 16.8. The van der Waals surface area contributed by atoms with Gasteiger partial charge in [0.2, 0.25) is 0 Å². The summed E-state index contributed by atoms with van der Waals surface area (Å²) in [6, 6.07) is 7.82. The Morgan fingerprint density at radius 1 is 1.41 bits per heavy atom. The molecule has 1 aliphatic carbocycles. The van der Waals surface area contributed by atoms with Crippen LogP contribution in [0.15, 0.2) is 35.7 Å². The zero-order valence-electron chi connectivity index (χ0n) is 17.7. The standard InChI is InChI=1S/C21H32N4O4/c1-14(2)11-24-20(26)29-17-9-10-21(13-28-21)19(18(17)23-3)25(22)12-15-5-7-16(27-4)8-6-15/h5-8,14,17,23H,9-13,22H2,1-4H3,(H,24,26)/p+1/t17-,21+/m1/s1. The number of hydrazine groups is 1. The van der Waals surface area contributed by atoms with Crippen LogP contribution in [0.3, 0.4) is 0 Å². The number of nitrogens with zero attached hydrogens (tertiary/aromatic N) is 1. The lowest BCUT2D eigenvalue weighted by Crippen LogP contribution is -2.81. The number of methoxy groups -OCH3 is 1. The molecule has 5 N–H and O–H groups in total. The number of epoxide rings is 1. The number of rotatable bonds is 8. The number of hydrogen-bond acceptors (Lipinski definition) is 6. The van der Waals surface area contributed by atoms with E-state index in [1.807, 2.05) is 50.5 Å². The first kappa shape index (κ1) is 21.4. The van der Waals surface area contributed by atoms with Crippen LogP contribution in [0.5, 0.6) is 5.75 Å². The Morgan fingerprint density at radius 2 is 2.10 bits per heavy atom. The second-order valence-corrected chi connectivity index (χ2v) is 8.06. The summed E-state index contributed by atoms with van der Waals surface area (Å²) in [4.78, 5) is 12.2. The molecule has 3 rings (SSSR count). The Hall–Kier alpha value is -2.29. The van der Waals surface area contributed by atoms with Crippen LogP contribution in [0.1, 0.15) is 32.3 Å². The minimum atomic E-state index is -0.395. The van der Waals surface area contributed by atoms with Crippen LogP contribution in [0, 0.1) is 5.92 Å². The van der Waals surface area contributed by atoms with Gasteiger partial charge in [-0.25, -0.2) is 10.6 Å². The predicted octanol–water partition coefficient (Wildman–Crippen LogP) is 1.09. The van der Waals surface area contributed by atoms with E-state index in [0.29, 0.717) is 32.0 Å². The number of alkyl carbamates (subject to hydrolysis) is 1. The first-order valence-electron chi connectivity index (χ1n) is 10.2. The number of likely N-dealkylation sites (N-methyl/N-ethyl adjacent to an activating group) is 1. The van der Waals surface area contributed by atoms with E-state index in [2.05, 4.69) is 5.32 Å². The van der Waals surface area contributed by atoms with E-state index >= 15 is 0 Å². The number of ether oxygens (including phenoxy) is 3. The van der Waals surface area contributed by atoms with Crippen molar-refractivity contribution in [2.45, 2.75) is 44.9 Å². The number of carbonyl (C=O) groups excluding carboxylic acids is 1. The van der Waals surface area contributed by atoms with E-state index < -0.39 is 6.09 Å². The molecule has 8 heteroatoms. The van der Waals surface area contributed by atoms with Crippen molar-refractivity contribution in [1.29, 1.82) is 0 Å². The van der Waals surface area contributed by atoms with E-state index in [1.165, 1.54) is 0 Å². The molecule has 1 aromatic carbocycles. The van der Waals surface area contributed by atoms with Crippen LogP contribution in [-0.4, -0.2) is 50.1 Å². The van der Waals surface area contributed by atoms with E-state index in [0.717, 1.165) is 29.1 Å². The number of hydrogen-bond donors (Lipinski definition) is 3. The van der Waals surface area contributed by atoms with Gasteiger partial charge in [0.05, 0.1) is 27.3 Å². The number of nitrogens with two attached hydrogens (primary N) is 2. The van der Waals surface area contributed by atoms with Gasteiger partial charge in [-0.05, 0) is 36.5 Å². The Labute approximate surface area is 172 Å². The van der Waals surface area contributed by atoms with E-state index in [4.69, 9.17) is 20.1 Å². The van der Waals surface area contributed by atoms with Gasteiger partial charge in [-0.1, -0.05) is 26.0 Å². The van der Waals surface area contributed by atoms with Crippen molar-refractivity contribution in [3.05, 3.63) is 41.2 Å². The van der Waals surface area contributed by atoms with Gasteiger partial charge in [0.15, 0.2) is 11.8 Å². The lowest BCUT2D eigenvalue weighted by atomic mass is 9.88. The second-order valence-electron chi connectivity index (χ2n) is 8.06. The Morgan fingerprint density at radius 3 is 2.66 bits per heavy atom. The quantitative estimate of drug-likeness (QED) is 0.340. The van der Waals surface area contributed by atoms with Crippen LogP contribution < -0.4 is 21.2 Å². The molecule has 0 radical (unpaired) electrons. The fraction of sp³-hybridized carbons (Fsp3) is 0.571. The maximum Gasteiger partial charge on any atom is 0.407 e. The minimum absolute atomic E-state index is 0.334. The normalized spacial score (nSPS) is 23.3. The average Bonchev–Trinajstić information content (AvgIpc) is 3.47. The molecule has 1 fully saturated rings. The molecule has 1 aliphatic heterocycles. The second kappa shape index (κ2) is 9.02. The smallest absolute Gasteiger partial charge is 0.407 e. The largest absolute Gasteiger partial charge is 0.497 e. The first-order chi connectivity index (χ1) is 13.9. The number of quaternary nitrogens is 1. The summed E-state index contributed by atoms with van der Waals surface area (Å²) in [6.07, 6.45) is 0.764. The van der Waals surface area contributed by atoms with Crippen molar-refractivity contribution in [3.63, 3.8) is 0 Å². The summed E-state index contributed by atoms with van der Waals surface area (Å²) in [5.41, 5.74) is 2.52. The van der Waals surface area contributed by atoms with Crippen LogP contribution >= 0.6 is 0 Å². The van der Waals surface area contributed by atoms with Crippen molar-refractivity contribution in [1.82, 2.24) is 10.3 Å². The van der Waals surface area contributed by atoms with Crippen molar-refractivity contribution in [3.8, 4) is 5.75 Å². The van der Waals surface area contributed by atoms with Crippen LogP contribution in [-0.2, 0) is 16.0 Å². The highest BCUT2D eigenvalue weighted by molar-refractivity contribution is 5.67. The summed E-state index contributed by atoms with van der Waals surface area (Å²) in [5.74, 6) is 7.68. The van der Waals surface area contributed by atoms with Crippen LogP contribution in [0.4, 0.5) is 4.79 Å². The number of nitrogens with one attached hydrogen (secondary N) is 1. The molecule has 2 atom stereocenters. The van der Waals surface area contributed by atoms with Crippen molar-refractivity contribution >= 4 is 6.09 Å². The van der Waals surface area contributed by atoms with Crippen molar-refractivity contribution < 1.29 is 24.3 Å². The van der Waals surface area contributed by atoms with Gasteiger partial charge in [-0.15, -0.1) is 0 Å². The van der Waals surface area contributed by atoms with Gasteiger partial charge in [-0.3, -0.25) is 0 Å². The van der Waals surface area contributed by atoms with Gasteiger partial charge in [0, 0.05) is 6.54 Å². The summed E-state index contributed by atoms with van der Waals surface area (Å²) in [6.45, 7) is 5.84. The maximum atomic E-state index is 12.2. The lowest BCUT2D eigenvalue weighted by molar-refractivity contribution is -0.586. The molecule has 29 heavy (non-hydrogen) atoms. The molecule has 0 unspecified atom stereocenters. The molecule has 1 amide bonds. The molecular formula is C21H33N4O4+. The molecule has 1 saturated heterocycles. The topological polar surface area (TPSA) is 106 Å². The highest BCUT2D eigenvalue weighted by atomic mass is 16.6. The molecule has 0 aromatic heterocycles. The highest BCUT2D eigenvalue weighted by Crippen LogP contribution is 2.46. The fourth-order valence-electron chi connectivity index (χ4n) is 3.76. The summed E-state index contributed by atoms with van der Waals surface area (Å²) in [7, 11) is 3.59. The van der Waals surface area contributed by atoms with Crippen LogP contribution in [0.2, 0.25) is 0 Å². The summed E-state index contributed by atoms with van der Waals surface area (Å²) in [5, 5.41) is 6.53. The van der Waals surface area contributed by atoms with Gasteiger partial charge < -0.3 is 29.9 Å². The predicted molar refractivity (Wildman–Crippen MR) is 109 cm³/mol. The molecule has 1 spiro atoms. The van der Waals surface area contributed by atoms with Gasteiger partial charge >= 0.3 is 6.09 Å². The van der Waals surface area contributed by atoms with Crippen molar-refractivity contribution in [2.75, 3.05) is 27.3 Å². The third-order valence-corrected chi connectivity index (χ3v) is 5.37. The average molecular weight is 406 g/mol. The zero-order valence-corrected chi connectivity index (χ0v) is 17.7. The molecule has 0 bridgehead atoms. The van der Waals surface area contributed by atoms with E-state index in [9.17, 15) is 4.79 Å². The molecule has 0 saturated carbocycles. The van der Waals surface area contributed by atoms with E-state index in [-0.39, 0.29) is 11.7 Å². The molecule has 8 nitrogen and oxygen atoms in total. The lowest BCUT2D eigenvalue weighted by Gasteiger charge is -2.34. The SMILES string of the molecule is C[NH2+]C1=C(N(N)Cc2ccc(OC)cc2)[C@]2(CC[C@H]1OC(=O)NCC(C)C)CO2. The Kier molecular flexibility index (Phi) is 6.66. The molecule has 1 aromatic rings.